The Kier molecular flexibility index (Phi) is 4.25. The Labute approximate surface area is 127 Å². The van der Waals surface area contributed by atoms with Crippen LogP contribution in [0.25, 0.3) is 10.8 Å². The summed E-state index contributed by atoms with van der Waals surface area (Å²) in [5.74, 6) is -0.151. The lowest BCUT2D eigenvalue weighted by molar-refractivity contribution is 0.457. The van der Waals surface area contributed by atoms with E-state index in [1.807, 2.05) is 0 Å². The first-order valence-electron chi connectivity index (χ1n) is 5.30. The fourth-order valence-corrected chi connectivity index (χ4v) is 3.41. The first-order chi connectivity index (χ1) is 9.98. The molecule has 0 saturated heterocycles. The van der Waals surface area contributed by atoms with E-state index < -0.39 is 41.4 Å². The predicted molar refractivity (Wildman–Crippen MR) is 75.0 cm³/mol. The van der Waals surface area contributed by atoms with Crippen molar-refractivity contribution in [1.82, 2.24) is 0 Å². The van der Waals surface area contributed by atoms with Crippen LogP contribution in [0.15, 0.2) is 40.1 Å². The molecule has 0 aliphatic rings. The molecular weight excluding hydrogens is 360 g/mol. The molecule has 0 heterocycles. The van der Waals surface area contributed by atoms with Crippen molar-refractivity contribution in [3.8, 4) is 5.75 Å². The molecule has 2 aromatic rings. The maximum Gasteiger partial charge on any atom is 0.357 e. The molecule has 0 radical (unpaired) electrons. The molecule has 22 heavy (non-hydrogen) atoms. The van der Waals surface area contributed by atoms with Gasteiger partial charge in [-0.15, -0.1) is 0 Å². The number of hydrogen-bond donors (Lipinski definition) is 3. The highest BCUT2D eigenvalue weighted by molar-refractivity contribution is 7.86. The molecule has 2 aromatic carbocycles. The van der Waals surface area contributed by atoms with Crippen molar-refractivity contribution in [2.75, 3.05) is 0 Å². The van der Waals surface area contributed by atoms with Gasteiger partial charge in [0.15, 0.2) is 0 Å². The summed E-state index contributed by atoms with van der Waals surface area (Å²) in [6.45, 7) is 0. The van der Waals surface area contributed by atoms with Crippen LogP contribution >= 0.6 is 0 Å². The highest BCUT2D eigenvalue weighted by Gasteiger charge is 2.20. The molecule has 1 unspecified atom stereocenters. The Morgan fingerprint density at radius 2 is 1.59 bits per heavy atom. The molecule has 12 heteroatoms. The van der Waals surface area contributed by atoms with Crippen LogP contribution in [-0.2, 0) is 31.6 Å². The number of rotatable bonds is 4. The van der Waals surface area contributed by atoms with Crippen molar-refractivity contribution in [1.29, 1.82) is 0 Å². The Balaban J connectivity index is 2.86. The van der Waals surface area contributed by atoms with Gasteiger partial charge in [0.1, 0.15) is 10.6 Å². The van der Waals surface area contributed by atoms with Gasteiger partial charge in [-0.2, -0.15) is 21.0 Å². The van der Waals surface area contributed by atoms with Crippen LogP contribution in [0.5, 0.6) is 5.75 Å². The molecule has 0 saturated carbocycles. The molecule has 3 N–H and O–H groups in total. The zero-order chi connectivity index (χ0) is 16.7. The highest BCUT2D eigenvalue weighted by Crippen LogP contribution is 2.30. The second-order valence-corrected chi connectivity index (χ2v) is 7.47. The predicted octanol–water partition coefficient (Wildman–Crippen LogP) is 0.849. The second-order valence-electron chi connectivity index (χ2n) is 4.05. The average molecular weight is 368 g/mol. The Hall–Kier alpha value is -1.57. The molecule has 0 aromatic heterocycles. The van der Waals surface area contributed by atoms with Crippen LogP contribution < -0.4 is 4.18 Å². The molecule has 0 fully saturated rings. The lowest BCUT2D eigenvalue weighted by Crippen LogP contribution is -2.04. The summed E-state index contributed by atoms with van der Waals surface area (Å²) in [4.78, 5) is -1.51. The smallest absolute Gasteiger partial charge is 0.357 e. The standard InChI is InChI=1S/C10H8O9S3/c11-20(12)19-7-1-2-9-6(3-7)4-8(21(13,14)15)5-10(9)22(16,17)18/h1-5H,(H,11,12)(H,13,14,15)(H,16,17,18). The van der Waals surface area contributed by atoms with Crippen LogP contribution in [-0.4, -0.2) is 34.7 Å². The fourth-order valence-electron chi connectivity index (χ4n) is 1.78. The Bertz CT molecular complexity index is 976. The number of fused-ring (bicyclic) bond motifs is 1. The number of hydrogen-bond acceptors (Lipinski definition) is 6. The molecule has 0 bridgehead atoms. The van der Waals surface area contributed by atoms with E-state index in [0.29, 0.717) is 6.07 Å². The second kappa shape index (κ2) is 5.57. The van der Waals surface area contributed by atoms with E-state index in [1.54, 1.807) is 0 Å². The average Bonchev–Trinajstić information content (AvgIpc) is 2.34. The van der Waals surface area contributed by atoms with Gasteiger partial charge in [-0.05, 0) is 35.7 Å². The van der Waals surface area contributed by atoms with Gasteiger partial charge < -0.3 is 4.18 Å². The molecular formula is C10H8O9S3. The van der Waals surface area contributed by atoms with E-state index >= 15 is 0 Å². The van der Waals surface area contributed by atoms with E-state index in [9.17, 15) is 21.0 Å². The lowest BCUT2D eigenvalue weighted by Gasteiger charge is -2.08. The van der Waals surface area contributed by atoms with Crippen LogP contribution in [0.3, 0.4) is 0 Å². The molecule has 0 aliphatic heterocycles. The van der Waals surface area contributed by atoms with E-state index in [2.05, 4.69) is 4.18 Å². The minimum Gasteiger partial charge on any atom is -0.380 e. The summed E-state index contributed by atoms with van der Waals surface area (Å²) in [5, 5.41) is -0.114. The van der Waals surface area contributed by atoms with Gasteiger partial charge in [-0.25, -0.2) is 0 Å². The molecule has 2 rings (SSSR count). The van der Waals surface area contributed by atoms with Crippen molar-refractivity contribution in [3.05, 3.63) is 30.3 Å². The topological polar surface area (TPSA) is 155 Å². The maximum atomic E-state index is 11.3. The van der Waals surface area contributed by atoms with Crippen molar-refractivity contribution >= 4 is 42.4 Å². The SMILES string of the molecule is O=S(O)Oc1ccc2c(S(=O)(=O)O)cc(S(=O)(=O)O)cc2c1. The van der Waals surface area contributed by atoms with Gasteiger partial charge in [0.05, 0.1) is 4.90 Å². The van der Waals surface area contributed by atoms with Crippen molar-refractivity contribution in [2.24, 2.45) is 0 Å². The van der Waals surface area contributed by atoms with Crippen LogP contribution in [0, 0.1) is 0 Å². The van der Waals surface area contributed by atoms with Gasteiger partial charge >= 0.3 is 11.4 Å². The highest BCUT2D eigenvalue weighted by atomic mass is 32.2. The van der Waals surface area contributed by atoms with Crippen molar-refractivity contribution in [2.45, 2.75) is 9.79 Å². The minimum absolute atomic E-state index is 0.0503. The monoisotopic (exact) mass is 368 g/mol. The molecule has 1 atom stereocenters. The lowest BCUT2D eigenvalue weighted by atomic mass is 10.1. The molecule has 9 nitrogen and oxygen atoms in total. The molecule has 0 aliphatic carbocycles. The van der Waals surface area contributed by atoms with Gasteiger partial charge in [0.25, 0.3) is 20.2 Å². The van der Waals surface area contributed by atoms with Crippen molar-refractivity contribution in [3.63, 3.8) is 0 Å². The maximum absolute atomic E-state index is 11.3. The van der Waals surface area contributed by atoms with Gasteiger partial charge in [-0.3, -0.25) is 13.7 Å². The van der Waals surface area contributed by atoms with E-state index in [4.69, 9.17) is 13.7 Å². The van der Waals surface area contributed by atoms with E-state index in [0.717, 1.165) is 24.3 Å². The van der Waals surface area contributed by atoms with Gasteiger partial charge in [-0.1, -0.05) is 0 Å². The normalized spacial score (nSPS) is 14.0. The third-order valence-electron chi connectivity index (χ3n) is 2.60. The summed E-state index contributed by atoms with van der Waals surface area (Å²) in [5.41, 5.74) is 0. The minimum atomic E-state index is -4.77. The molecule has 0 amide bonds. The van der Waals surface area contributed by atoms with Crippen molar-refractivity contribution < 1.29 is 38.9 Å². The zero-order valence-corrected chi connectivity index (χ0v) is 12.9. The number of benzene rings is 2. The van der Waals surface area contributed by atoms with Crippen LogP contribution in [0.2, 0.25) is 0 Å². The Morgan fingerprint density at radius 3 is 2.09 bits per heavy atom. The Morgan fingerprint density at radius 1 is 0.955 bits per heavy atom. The van der Waals surface area contributed by atoms with Crippen LogP contribution in [0.4, 0.5) is 0 Å². The quantitative estimate of drug-likeness (QED) is 0.526. The summed E-state index contributed by atoms with van der Waals surface area (Å²) >= 11 is -2.64. The third-order valence-corrected chi connectivity index (χ3v) is 4.66. The first-order valence-corrected chi connectivity index (χ1v) is 9.21. The summed E-state index contributed by atoms with van der Waals surface area (Å²) in [6.07, 6.45) is 0. The summed E-state index contributed by atoms with van der Waals surface area (Å²) in [7, 11) is -9.51. The molecule has 0 spiro atoms. The molecule has 120 valence electrons. The van der Waals surface area contributed by atoms with E-state index in [1.165, 1.54) is 0 Å². The largest absolute Gasteiger partial charge is 0.380 e. The first kappa shape index (κ1) is 16.8. The van der Waals surface area contributed by atoms with Crippen LogP contribution in [0.1, 0.15) is 0 Å². The zero-order valence-electron chi connectivity index (χ0n) is 10.4. The fraction of sp³-hybridized carbons (Fsp3) is 0. The van der Waals surface area contributed by atoms with Gasteiger partial charge in [0.2, 0.25) is 0 Å². The van der Waals surface area contributed by atoms with E-state index in [-0.39, 0.29) is 16.5 Å². The third kappa shape index (κ3) is 3.60. The summed E-state index contributed by atoms with van der Waals surface area (Å²) in [6, 6.07) is 4.89. The van der Waals surface area contributed by atoms with Gasteiger partial charge in [0, 0.05) is 5.39 Å². The summed E-state index contributed by atoms with van der Waals surface area (Å²) < 4.78 is 86.9.